The highest BCUT2D eigenvalue weighted by Gasteiger charge is 2.34. The lowest BCUT2D eigenvalue weighted by atomic mass is 9.88. The van der Waals surface area contributed by atoms with Gasteiger partial charge in [0.25, 0.3) is 0 Å². The molecule has 186 valence electrons. The number of hydrogen-bond donors (Lipinski definition) is 2. The van der Waals surface area contributed by atoms with E-state index in [1.165, 1.54) is 16.0 Å². The number of likely N-dealkylation sites (tertiary alicyclic amines) is 1. The average Bonchev–Trinajstić information content (AvgIpc) is 2.97. The van der Waals surface area contributed by atoms with E-state index in [9.17, 15) is 19.5 Å². The molecule has 2 aromatic rings. The van der Waals surface area contributed by atoms with Gasteiger partial charge in [-0.15, -0.1) is 0 Å². The quantitative estimate of drug-likeness (QED) is 0.596. The Hall–Kier alpha value is -3.35. The van der Waals surface area contributed by atoms with Crippen LogP contribution in [0.25, 0.3) is 11.1 Å². The van der Waals surface area contributed by atoms with E-state index in [-0.39, 0.29) is 31.4 Å². The van der Waals surface area contributed by atoms with Gasteiger partial charge in [-0.3, -0.25) is 4.79 Å². The molecular weight excluding hydrogens is 444 g/mol. The fourth-order valence-electron chi connectivity index (χ4n) is 5.20. The van der Waals surface area contributed by atoms with Gasteiger partial charge in [0.15, 0.2) is 0 Å². The number of nitrogens with zero attached hydrogens (tertiary/aromatic N) is 1. The maximum atomic E-state index is 13.0. The van der Waals surface area contributed by atoms with Gasteiger partial charge in [-0.2, -0.15) is 0 Å². The molecule has 1 unspecified atom stereocenters. The molecule has 35 heavy (non-hydrogen) atoms. The summed E-state index contributed by atoms with van der Waals surface area (Å²) < 4.78 is 5.60. The highest BCUT2D eigenvalue weighted by Crippen LogP contribution is 2.44. The zero-order valence-electron chi connectivity index (χ0n) is 20.5. The molecule has 0 spiro atoms. The van der Waals surface area contributed by atoms with Crippen molar-refractivity contribution in [2.75, 3.05) is 19.7 Å². The van der Waals surface area contributed by atoms with E-state index in [1.807, 2.05) is 38.1 Å². The van der Waals surface area contributed by atoms with E-state index in [0.29, 0.717) is 13.0 Å². The molecule has 7 heteroatoms. The van der Waals surface area contributed by atoms with Gasteiger partial charge < -0.3 is 20.1 Å². The third-order valence-corrected chi connectivity index (χ3v) is 7.04. The number of fused-ring (bicyclic) bond motifs is 3. The van der Waals surface area contributed by atoms with Crippen molar-refractivity contribution in [2.24, 2.45) is 5.41 Å². The summed E-state index contributed by atoms with van der Waals surface area (Å²) in [6, 6.07) is 15.6. The Morgan fingerprint density at radius 3 is 2.26 bits per heavy atom. The lowest BCUT2D eigenvalue weighted by molar-refractivity contribution is -0.151. The van der Waals surface area contributed by atoms with Crippen LogP contribution in [0.15, 0.2) is 48.5 Å². The molecule has 0 radical (unpaired) electrons. The summed E-state index contributed by atoms with van der Waals surface area (Å²) in [7, 11) is 0. The molecule has 7 nitrogen and oxygen atoms in total. The normalized spacial score (nSPS) is 17.8. The largest absolute Gasteiger partial charge is 0.480 e. The first kappa shape index (κ1) is 24.8. The van der Waals surface area contributed by atoms with Crippen LogP contribution in [0, 0.1) is 5.41 Å². The second-order valence-corrected chi connectivity index (χ2v) is 10.3. The Labute approximate surface area is 206 Å². The highest BCUT2D eigenvalue weighted by molar-refractivity contribution is 5.84. The SMILES string of the molecule is CC(C)(CNC(=O)OCC1c2ccccc2-c2ccccc21)CC(=O)N1CCCCCC1C(=O)O. The van der Waals surface area contributed by atoms with Crippen LogP contribution in [0.3, 0.4) is 0 Å². The second-order valence-electron chi connectivity index (χ2n) is 10.3. The van der Waals surface area contributed by atoms with E-state index < -0.39 is 23.5 Å². The Morgan fingerprint density at radius 1 is 1.00 bits per heavy atom. The summed E-state index contributed by atoms with van der Waals surface area (Å²) in [5.41, 5.74) is 4.10. The predicted octanol–water partition coefficient (Wildman–Crippen LogP) is 4.80. The number of alkyl carbamates (subject to hydrolysis) is 1. The van der Waals surface area contributed by atoms with E-state index in [2.05, 4.69) is 29.6 Å². The summed E-state index contributed by atoms with van der Waals surface area (Å²) in [5.74, 6) is -1.15. The number of benzene rings is 2. The average molecular weight is 479 g/mol. The minimum absolute atomic E-state index is 0.0151. The Kier molecular flexibility index (Phi) is 7.43. The van der Waals surface area contributed by atoms with Crippen molar-refractivity contribution in [1.29, 1.82) is 0 Å². The van der Waals surface area contributed by atoms with Gasteiger partial charge in [0.1, 0.15) is 12.6 Å². The van der Waals surface area contributed by atoms with Gasteiger partial charge in [0.2, 0.25) is 5.91 Å². The number of aliphatic carboxylic acids is 1. The zero-order valence-corrected chi connectivity index (χ0v) is 20.5. The minimum Gasteiger partial charge on any atom is -0.480 e. The first-order valence-corrected chi connectivity index (χ1v) is 12.4. The van der Waals surface area contributed by atoms with Crippen LogP contribution >= 0.6 is 0 Å². The number of hydrogen-bond acceptors (Lipinski definition) is 4. The number of carbonyl (C=O) groups is 3. The number of carboxylic acids is 1. The standard InChI is InChI=1S/C28H34N2O5/c1-28(2,16-25(31)30-15-9-3-4-14-24(30)26(32)33)18-29-27(34)35-17-23-21-12-7-5-10-19(21)20-11-6-8-13-22(20)23/h5-8,10-13,23-24H,3-4,9,14-18H2,1-2H3,(H,29,34)(H,32,33). The summed E-state index contributed by atoms with van der Waals surface area (Å²) in [4.78, 5) is 38.7. The van der Waals surface area contributed by atoms with Gasteiger partial charge in [0.05, 0.1) is 0 Å². The fraction of sp³-hybridized carbons (Fsp3) is 0.464. The van der Waals surface area contributed by atoms with Gasteiger partial charge in [0, 0.05) is 25.4 Å². The lowest BCUT2D eigenvalue weighted by Gasteiger charge is -2.31. The Bertz CT molecular complexity index is 1050. The third kappa shape index (κ3) is 5.66. The lowest BCUT2D eigenvalue weighted by Crippen LogP contribution is -2.47. The first-order valence-electron chi connectivity index (χ1n) is 12.4. The van der Waals surface area contributed by atoms with Crippen molar-refractivity contribution in [2.45, 2.75) is 57.9 Å². The van der Waals surface area contributed by atoms with Gasteiger partial charge in [-0.25, -0.2) is 9.59 Å². The molecule has 2 aromatic carbocycles. The van der Waals surface area contributed by atoms with Gasteiger partial charge in [-0.1, -0.05) is 75.2 Å². The van der Waals surface area contributed by atoms with Crippen molar-refractivity contribution < 1.29 is 24.2 Å². The Morgan fingerprint density at radius 2 is 1.63 bits per heavy atom. The minimum atomic E-state index is -0.949. The monoisotopic (exact) mass is 478 g/mol. The molecular formula is C28H34N2O5. The maximum absolute atomic E-state index is 13.0. The maximum Gasteiger partial charge on any atom is 0.407 e. The summed E-state index contributed by atoms with van der Waals surface area (Å²) in [5, 5.41) is 12.4. The highest BCUT2D eigenvalue weighted by atomic mass is 16.5. The molecule has 0 bridgehead atoms. The van der Waals surface area contributed by atoms with Crippen molar-refractivity contribution in [1.82, 2.24) is 10.2 Å². The Balaban J connectivity index is 1.31. The molecule has 1 aliphatic carbocycles. The van der Waals surface area contributed by atoms with Crippen LogP contribution in [-0.4, -0.2) is 53.7 Å². The molecule has 1 heterocycles. The third-order valence-electron chi connectivity index (χ3n) is 7.04. The summed E-state index contributed by atoms with van der Waals surface area (Å²) in [6.07, 6.45) is 2.67. The molecule has 2 aliphatic rings. The molecule has 2 amide bonds. The van der Waals surface area contributed by atoms with Crippen molar-refractivity contribution >= 4 is 18.0 Å². The van der Waals surface area contributed by atoms with Crippen LogP contribution in [-0.2, 0) is 14.3 Å². The van der Waals surface area contributed by atoms with Crippen molar-refractivity contribution in [3.8, 4) is 11.1 Å². The van der Waals surface area contributed by atoms with Crippen LogP contribution in [0.2, 0.25) is 0 Å². The zero-order chi connectivity index (χ0) is 25.0. The molecule has 2 N–H and O–H groups in total. The van der Waals surface area contributed by atoms with E-state index >= 15 is 0 Å². The van der Waals surface area contributed by atoms with E-state index in [0.717, 1.165) is 30.4 Å². The molecule has 1 saturated heterocycles. The first-order chi connectivity index (χ1) is 16.8. The van der Waals surface area contributed by atoms with Crippen LogP contribution in [0.5, 0.6) is 0 Å². The van der Waals surface area contributed by atoms with E-state index in [4.69, 9.17) is 4.74 Å². The van der Waals surface area contributed by atoms with Crippen molar-refractivity contribution in [3.63, 3.8) is 0 Å². The second kappa shape index (κ2) is 10.5. The van der Waals surface area contributed by atoms with E-state index in [1.54, 1.807) is 0 Å². The number of ether oxygens (including phenoxy) is 1. The van der Waals surface area contributed by atoms with Crippen LogP contribution < -0.4 is 5.32 Å². The van der Waals surface area contributed by atoms with Crippen molar-refractivity contribution in [3.05, 3.63) is 59.7 Å². The smallest absolute Gasteiger partial charge is 0.407 e. The molecule has 1 fully saturated rings. The molecule has 0 saturated carbocycles. The molecule has 4 rings (SSSR count). The molecule has 1 aliphatic heterocycles. The number of rotatable bonds is 7. The number of carboxylic acid groups (broad SMARTS) is 1. The molecule has 0 aromatic heterocycles. The van der Waals surface area contributed by atoms with Gasteiger partial charge >= 0.3 is 12.1 Å². The van der Waals surface area contributed by atoms with Crippen LogP contribution in [0.4, 0.5) is 4.79 Å². The summed E-state index contributed by atoms with van der Waals surface area (Å²) >= 11 is 0. The fourth-order valence-corrected chi connectivity index (χ4v) is 5.20. The summed E-state index contributed by atoms with van der Waals surface area (Å²) in [6.45, 7) is 4.73. The van der Waals surface area contributed by atoms with Gasteiger partial charge in [-0.05, 0) is 40.5 Å². The predicted molar refractivity (Wildman–Crippen MR) is 133 cm³/mol. The number of carbonyl (C=O) groups excluding carboxylic acids is 2. The molecule has 1 atom stereocenters. The van der Waals surface area contributed by atoms with Crippen LogP contribution in [0.1, 0.15) is 63.0 Å². The number of amides is 2. The number of nitrogens with one attached hydrogen (secondary N) is 1. The topological polar surface area (TPSA) is 95.9 Å².